The second-order valence-electron chi connectivity index (χ2n) is 5.69. The molecule has 120 valence electrons. The first-order valence-electron chi connectivity index (χ1n) is 7.55. The van der Waals surface area contributed by atoms with E-state index in [4.69, 9.17) is 9.05 Å². The standard InChI is InChI=1S/C14H21N5O2S/c1-10-15-12(17-20-10)7-11-3-5-19(6-4-11)8-14-16-13(9-22-2)18-21-14/h11H,3-9H2,1-2H3. The van der Waals surface area contributed by atoms with Gasteiger partial charge in [0.05, 0.1) is 12.3 Å². The number of hydrogen-bond acceptors (Lipinski definition) is 8. The summed E-state index contributed by atoms with van der Waals surface area (Å²) in [6.45, 7) is 4.66. The molecule has 1 saturated heterocycles. The zero-order chi connectivity index (χ0) is 15.4. The molecule has 0 unspecified atom stereocenters. The van der Waals surface area contributed by atoms with Gasteiger partial charge in [0.15, 0.2) is 11.6 Å². The third-order valence-corrected chi connectivity index (χ3v) is 4.44. The highest BCUT2D eigenvalue weighted by atomic mass is 32.2. The highest BCUT2D eigenvalue weighted by molar-refractivity contribution is 7.97. The van der Waals surface area contributed by atoms with Crippen molar-refractivity contribution in [3.63, 3.8) is 0 Å². The Morgan fingerprint density at radius 3 is 2.59 bits per heavy atom. The van der Waals surface area contributed by atoms with Crippen LogP contribution in [-0.2, 0) is 18.7 Å². The first-order valence-corrected chi connectivity index (χ1v) is 8.94. The Morgan fingerprint density at radius 2 is 1.91 bits per heavy atom. The van der Waals surface area contributed by atoms with Crippen LogP contribution in [0, 0.1) is 12.8 Å². The molecule has 1 fully saturated rings. The van der Waals surface area contributed by atoms with E-state index in [0.717, 1.165) is 62.2 Å². The molecule has 22 heavy (non-hydrogen) atoms. The van der Waals surface area contributed by atoms with E-state index < -0.39 is 0 Å². The van der Waals surface area contributed by atoms with Gasteiger partial charge in [-0.05, 0) is 38.1 Å². The Labute approximate surface area is 133 Å². The van der Waals surface area contributed by atoms with E-state index in [1.807, 2.05) is 13.2 Å². The van der Waals surface area contributed by atoms with E-state index in [-0.39, 0.29) is 0 Å². The Hall–Kier alpha value is -1.41. The average molecular weight is 323 g/mol. The van der Waals surface area contributed by atoms with Crippen LogP contribution in [0.2, 0.25) is 0 Å². The van der Waals surface area contributed by atoms with Crippen LogP contribution in [0.15, 0.2) is 9.05 Å². The van der Waals surface area contributed by atoms with Gasteiger partial charge in [-0.3, -0.25) is 4.90 Å². The summed E-state index contributed by atoms with van der Waals surface area (Å²) in [5.41, 5.74) is 0. The van der Waals surface area contributed by atoms with Crippen molar-refractivity contribution >= 4 is 11.8 Å². The third kappa shape index (κ3) is 4.07. The molecule has 2 aromatic rings. The van der Waals surface area contributed by atoms with Gasteiger partial charge in [-0.25, -0.2) is 0 Å². The topological polar surface area (TPSA) is 81.1 Å². The monoisotopic (exact) mass is 323 g/mol. The summed E-state index contributed by atoms with van der Waals surface area (Å²) in [6, 6.07) is 0. The Morgan fingerprint density at radius 1 is 1.14 bits per heavy atom. The highest BCUT2D eigenvalue weighted by Crippen LogP contribution is 2.21. The second kappa shape index (κ2) is 7.23. The molecule has 0 atom stereocenters. The predicted molar refractivity (Wildman–Crippen MR) is 82.3 cm³/mol. The maximum Gasteiger partial charge on any atom is 0.240 e. The molecule has 1 aliphatic heterocycles. The molecule has 0 saturated carbocycles. The minimum absolute atomic E-state index is 0.628. The Bertz CT molecular complexity index is 592. The van der Waals surface area contributed by atoms with Gasteiger partial charge in [-0.2, -0.15) is 21.7 Å². The van der Waals surface area contributed by atoms with Crippen LogP contribution >= 0.6 is 11.8 Å². The predicted octanol–water partition coefficient (Wildman–Crippen LogP) is 2.08. The van der Waals surface area contributed by atoms with Crippen LogP contribution in [0.1, 0.15) is 36.3 Å². The summed E-state index contributed by atoms with van der Waals surface area (Å²) in [7, 11) is 0. The van der Waals surface area contributed by atoms with Crippen LogP contribution in [0.3, 0.4) is 0 Å². The molecule has 0 radical (unpaired) electrons. The van der Waals surface area contributed by atoms with Crippen LogP contribution in [0.4, 0.5) is 0 Å². The van der Waals surface area contributed by atoms with Crippen molar-refractivity contribution in [2.45, 2.75) is 38.5 Å². The van der Waals surface area contributed by atoms with Gasteiger partial charge in [0.2, 0.25) is 11.8 Å². The molecule has 0 N–H and O–H groups in total. The molecular formula is C14H21N5O2S. The number of piperidine rings is 1. The maximum absolute atomic E-state index is 5.30. The first kappa shape index (κ1) is 15.5. The average Bonchev–Trinajstić information content (AvgIpc) is 3.11. The molecule has 3 heterocycles. The van der Waals surface area contributed by atoms with Crippen LogP contribution in [0.25, 0.3) is 0 Å². The van der Waals surface area contributed by atoms with Crippen LogP contribution < -0.4 is 0 Å². The van der Waals surface area contributed by atoms with E-state index in [2.05, 4.69) is 25.2 Å². The van der Waals surface area contributed by atoms with Gasteiger partial charge >= 0.3 is 0 Å². The van der Waals surface area contributed by atoms with E-state index in [1.54, 1.807) is 11.8 Å². The number of nitrogens with zero attached hydrogens (tertiary/aromatic N) is 5. The molecule has 3 rings (SSSR count). The van der Waals surface area contributed by atoms with Gasteiger partial charge in [0.25, 0.3) is 0 Å². The van der Waals surface area contributed by atoms with Crippen molar-refractivity contribution in [2.75, 3.05) is 19.3 Å². The van der Waals surface area contributed by atoms with Crippen molar-refractivity contribution in [3.8, 4) is 0 Å². The molecule has 0 aromatic carbocycles. The number of likely N-dealkylation sites (tertiary alicyclic amines) is 1. The van der Waals surface area contributed by atoms with Gasteiger partial charge in [-0.1, -0.05) is 10.3 Å². The number of aryl methyl sites for hydroxylation is 1. The minimum Gasteiger partial charge on any atom is -0.340 e. The van der Waals surface area contributed by atoms with Crippen molar-refractivity contribution < 1.29 is 9.05 Å². The molecule has 0 bridgehead atoms. The molecular weight excluding hydrogens is 302 g/mol. The van der Waals surface area contributed by atoms with E-state index >= 15 is 0 Å². The lowest BCUT2D eigenvalue weighted by atomic mass is 9.93. The number of aromatic nitrogens is 4. The van der Waals surface area contributed by atoms with E-state index in [0.29, 0.717) is 11.8 Å². The van der Waals surface area contributed by atoms with Crippen molar-refractivity contribution in [1.29, 1.82) is 0 Å². The fraction of sp³-hybridized carbons (Fsp3) is 0.714. The lowest BCUT2D eigenvalue weighted by molar-refractivity contribution is 0.157. The van der Waals surface area contributed by atoms with Gasteiger partial charge in [0.1, 0.15) is 0 Å². The lowest BCUT2D eigenvalue weighted by Crippen LogP contribution is -2.34. The SMILES string of the molecule is CSCc1noc(CN2CCC(Cc3noc(C)n3)CC2)n1. The molecule has 0 amide bonds. The highest BCUT2D eigenvalue weighted by Gasteiger charge is 2.22. The summed E-state index contributed by atoms with van der Waals surface area (Å²) in [5.74, 6) is 4.40. The lowest BCUT2D eigenvalue weighted by Gasteiger charge is -2.30. The molecule has 1 aliphatic rings. The minimum atomic E-state index is 0.628. The van der Waals surface area contributed by atoms with E-state index in [9.17, 15) is 0 Å². The normalized spacial score (nSPS) is 17.2. The Balaban J connectivity index is 1.44. The molecule has 8 heteroatoms. The zero-order valence-electron chi connectivity index (χ0n) is 13.0. The largest absolute Gasteiger partial charge is 0.340 e. The van der Waals surface area contributed by atoms with E-state index in [1.165, 1.54) is 0 Å². The molecule has 0 aliphatic carbocycles. The Kier molecular flexibility index (Phi) is 5.09. The van der Waals surface area contributed by atoms with Crippen molar-refractivity contribution in [1.82, 2.24) is 25.2 Å². The number of hydrogen-bond donors (Lipinski definition) is 0. The molecule has 7 nitrogen and oxygen atoms in total. The fourth-order valence-corrected chi connectivity index (χ4v) is 3.14. The summed E-state index contributed by atoms with van der Waals surface area (Å²) in [6.07, 6.45) is 5.22. The van der Waals surface area contributed by atoms with Gasteiger partial charge in [0, 0.05) is 13.3 Å². The second-order valence-corrected chi connectivity index (χ2v) is 6.56. The van der Waals surface area contributed by atoms with Crippen molar-refractivity contribution in [3.05, 3.63) is 23.4 Å². The zero-order valence-corrected chi connectivity index (χ0v) is 13.8. The number of thioether (sulfide) groups is 1. The molecule has 0 spiro atoms. The quantitative estimate of drug-likeness (QED) is 0.799. The maximum atomic E-state index is 5.30. The van der Waals surface area contributed by atoms with Crippen molar-refractivity contribution in [2.24, 2.45) is 5.92 Å². The van der Waals surface area contributed by atoms with Gasteiger partial charge < -0.3 is 9.05 Å². The first-order chi connectivity index (χ1) is 10.7. The number of rotatable bonds is 6. The van der Waals surface area contributed by atoms with Crippen LogP contribution in [-0.4, -0.2) is 44.5 Å². The third-order valence-electron chi connectivity index (χ3n) is 3.89. The molecule has 2 aromatic heterocycles. The van der Waals surface area contributed by atoms with Gasteiger partial charge in [-0.15, -0.1) is 0 Å². The fourth-order valence-electron chi connectivity index (χ4n) is 2.76. The summed E-state index contributed by atoms with van der Waals surface area (Å²) in [5, 5.41) is 7.97. The summed E-state index contributed by atoms with van der Waals surface area (Å²) >= 11 is 1.70. The summed E-state index contributed by atoms with van der Waals surface area (Å²) < 4.78 is 10.3. The van der Waals surface area contributed by atoms with Crippen LogP contribution in [0.5, 0.6) is 0 Å². The smallest absolute Gasteiger partial charge is 0.240 e. The summed E-state index contributed by atoms with van der Waals surface area (Å²) in [4.78, 5) is 11.1.